The van der Waals surface area contributed by atoms with Crippen molar-refractivity contribution in [1.82, 2.24) is 4.90 Å². The van der Waals surface area contributed by atoms with E-state index in [2.05, 4.69) is 5.32 Å². The van der Waals surface area contributed by atoms with E-state index in [-0.39, 0.29) is 24.2 Å². The van der Waals surface area contributed by atoms with Crippen molar-refractivity contribution >= 4 is 34.9 Å². The van der Waals surface area contributed by atoms with Crippen molar-refractivity contribution in [3.8, 4) is 0 Å². The van der Waals surface area contributed by atoms with Crippen LogP contribution in [-0.4, -0.2) is 29.9 Å². The van der Waals surface area contributed by atoms with Gasteiger partial charge in [0.1, 0.15) is 5.82 Å². The molecule has 1 aliphatic rings. The van der Waals surface area contributed by atoms with Gasteiger partial charge in [0.2, 0.25) is 5.91 Å². The van der Waals surface area contributed by atoms with Crippen LogP contribution in [0.2, 0.25) is 5.02 Å². The maximum Gasteiger partial charge on any atom is 0.324 e. The SMILES string of the molecule is O=C(Cc1ccc(F)cc1)Nc1cccc(N2CCCN(Cc3cccc(Cl)c3)C2=O)c1. The Bertz CT molecular complexity index is 1120. The molecule has 3 aromatic rings. The fourth-order valence-electron chi connectivity index (χ4n) is 3.77. The number of hydrogen-bond acceptors (Lipinski definition) is 2. The lowest BCUT2D eigenvalue weighted by Gasteiger charge is -2.36. The zero-order valence-corrected chi connectivity index (χ0v) is 18.2. The van der Waals surface area contributed by atoms with Crippen LogP contribution in [-0.2, 0) is 17.8 Å². The lowest BCUT2D eigenvalue weighted by Crippen LogP contribution is -2.49. The molecule has 164 valence electrons. The summed E-state index contributed by atoms with van der Waals surface area (Å²) < 4.78 is 13.0. The number of amides is 3. The molecule has 1 saturated heterocycles. The first-order valence-corrected chi connectivity index (χ1v) is 10.8. The predicted molar refractivity (Wildman–Crippen MR) is 124 cm³/mol. The van der Waals surface area contributed by atoms with Crippen LogP contribution in [0.25, 0.3) is 0 Å². The molecular weight excluding hydrogens is 429 g/mol. The summed E-state index contributed by atoms with van der Waals surface area (Å²) >= 11 is 6.08. The second-order valence-electron chi connectivity index (χ2n) is 7.74. The number of urea groups is 1. The van der Waals surface area contributed by atoms with Crippen molar-refractivity contribution in [3.63, 3.8) is 0 Å². The number of benzene rings is 3. The molecule has 0 atom stereocenters. The first kappa shape index (κ1) is 21.8. The van der Waals surface area contributed by atoms with Gasteiger partial charge in [-0.1, -0.05) is 41.9 Å². The first-order chi connectivity index (χ1) is 15.5. The third-order valence-electron chi connectivity index (χ3n) is 5.29. The summed E-state index contributed by atoms with van der Waals surface area (Å²) in [5, 5.41) is 3.50. The maximum absolute atomic E-state index is 13.1. The number of rotatable bonds is 6. The summed E-state index contributed by atoms with van der Waals surface area (Å²) in [7, 11) is 0. The molecule has 1 fully saturated rings. The summed E-state index contributed by atoms with van der Waals surface area (Å²) in [5.74, 6) is -0.543. The van der Waals surface area contributed by atoms with Crippen LogP contribution < -0.4 is 10.2 Å². The Kier molecular flexibility index (Phi) is 6.71. The molecule has 7 heteroatoms. The second kappa shape index (κ2) is 9.83. The first-order valence-electron chi connectivity index (χ1n) is 10.4. The minimum atomic E-state index is -0.336. The van der Waals surface area contributed by atoms with Crippen molar-refractivity contribution in [2.45, 2.75) is 19.4 Å². The van der Waals surface area contributed by atoms with Crippen molar-refractivity contribution in [1.29, 1.82) is 0 Å². The summed E-state index contributed by atoms with van der Waals surface area (Å²) in [6.07, 6.45) is 0.980. The standard InChI is InChI=1S/C25H23ClFN3O2/c26-20-5-1-4-19(14-20)17-29-12-3-13-30(25(29)32)23-7-2-6-22(16-23)28-24(31)15-18-8-10-21(27)11-9-18/h1-2,4-11,14,16H,3,12-13,15,17H2,(H,28,31). The van der Waals surface area contributed by atoms with Crippen molar-refractivity contribution < 1.29 is 14.0 Å². The molecule has 32 heavy (non-hydrogen) atoms. The molecular formula is C25H23ClFN3O2. The highest BCUT2D eigenvalue weighted by molar-refractivity contribution is 6.30. The van der Waals surface area contributed by atoms with Crippen LogP contribution in [0.3, 0.4) is 0 Å². The molecule has 0 bridgehead atoms. The number of anilines is 2. The van der Waals surface area contributed by atoms with Crippen LogP contribution in [0.1, 0.15) is 17.5 Å². The van der Waals surface area contributed by atoms with E-state index in [0.29, 0.717) is 30.3 Å². The molecule has 0 unspecified atom stereocenters. The highest BCUT2D eigenvalue weighted by atomic mass is 35.5. The predicted octanol–water partition coefficient (Wildman–Crippen LogP) is 5.49. The highest BCUT2D eigenvalue weighted by Crippen LogP contribution is 2.25. The van der Waals surface area contributed by atoms with E-state index in [4.69, 9.17) is 11.6 Å². The smallest absolute Gasteiger partial charge is 0.324 e. The monoisotopic (exact) mass is 451 g/mol. The Hall–Kier alpha value is -3.38. The molecule has 0 aliphatic carbocycles. The molecule has 5 nitrogen and oxygen atoms in total. The lowest BCUT2D eigenvalue weighted by molar-refractivity contribution is -0.115. The minimum absolute atomic E-state index is 0.0778. The van der Waals surface area contributed by atoms with Gasteiger partial charge in [0, 0.05) is 36.0 Å². The van der Waals surface area contributed by atoms with E-state index in [1.165, 1.54) is 12.1 Å². The van der Waals surface area contributed by atoms with E-state index in [0.717, 1.165) is 23.2 Å². The molecule has 0 radical (unpaired) electrons. The number of carbonyl (C=O) groups excluding carboxylic acids is 2. The Morgan fingerprint density at radius 2 is 1.75 bits per heavy atom. The van der Waals surface area contributed by atoms with E-state index in [1.807, 2.05) is 36.4 Å². The molecule has 4 rings (SSSR count). The maximum atomic E-state index is 13.1. The van der Waals surface area contributed by atoms with Gasteiger partial charge < -0.3 is 10.2 Å². The fourth-order valence-corrected chi connectivity index (χ4v) is 3.98. The molecule has 3 amide bonds. The second-order valence-corrected chi connectivity index (χ2v) is 8.18. The fraction of sp³-hybridized carbons (Fsp3) is 0.200. The summed E-state index contributed by atoms with van der Waals surface area (Å²) in [6.45, 7) is 1.78. The van der Waals surface area contributed by atoms with Crippen molar-refractivity contribution in [2.24, 2.45) is 0 Å². The van der Waals surface area contributed by atoms with E-state index in [9.17, 15) is 14.0 Å². The Labute approximate surface area is 191 Å². The average molecular weight is 452 g/mol. The zero-order valence-electron chi connectivity index (χ0n) is 17.4. The molecule has 1 N–H and O–H groups in total. The number of nitrogens with one attached hydrogen (secondary N) is 1. The quantitative estimate of drug-likeness (QED) is 0.538. The Morgan fingerprint density at radius 3 is 2.53 bits per heavy atom. The van der Waals surface area contributed by atoms with Gasteiger partial charge in [-0.05, 0) is 60.0 Å². The molecule has 1 aliphatic heterocycles. The van der Waals surface area contributed by atoms with E-state index >= 15 is 0 Å². The largest absolute Gasteiger partial charge is 0.326 e. The van der Waals surface area contributed by atoms with Gasteiger partial charge in [0.05, 0.1) is 6.42 Å². The van der Waals surface area contributed by atoms with Crippen molar-refractivity contribution in [3.05, 3.63) is 94.8 Å². The molecule has 3 aromatic carbocycles. The lowest BCUT2D eigenvalue weighted by atomic mass is 10.1. The van der Waals surface area contributed by atoms with Crippen LogP contribution in [0.5, 0.6) is 0 Å². The summed E-state index contributed by atoms with van der Waals surface area (Å²) in [4.78, 5) is 29.0. The summed E-state index contributed by atoms with van der Waals surface area (Å²) in [5.41, 5.74) is 3.04. The van der Waals surface area contributed by atoms with Gasteiger partial charge in [0.25, 0.3) is 0 Å². The number of halogens is 2. The van der Waals surface area contributed by atoms with Gasteiger partial charge in [0.15, 0.2) is 0 Å². The number of hydrogen-bond donors (Lipinski definition) is 1. The van der Waals surface area contributed by atoms with Crippen LogP contribution in [0, 0.1) is 5.82 Å². The Balaban J connectivity index is 1.43. The van der Waals surface area contributed by atoms with Crippen LogP contribution in [0.4, 0.5) is 20.6 Å². The molecule has 0 aromatic heterocycles. The zero-order chi connectivity index (χ0) is 22.5. The van der Waals surface area contributed by atoms with Gasteiger partial charge in [-0.15, -0.1) is 0 Å². The molecule has 1 heterocycles. The number of carbonyl (C=O) groups is 2. The average Bonchev–Trinajstić information content (AvgIpc) is 2.77. The van der Waals surface area contributed by atoms with Crippen LogP contribution in [0.15, 0.2) is 72.8 Å². The third kappa shape index (κ3) is 5.45. The number of nitrogens with zero attached hydrogens (tertiary/aromatic N) is 2. The van der Waals surface area contributed by atoms with Gasteiger partial charge in [-0.2, -0.15) is 0 Å². The van der Waals surface area contributed by atoms with E-state index < -0.39 is 0 Å². The normalized spacial score (nSPS) is 13.9. The highest BCUT2D eigenvalue weighted by Gasteiger charge is 2.27. The van der Waals surface area contributed by atoms with Crippen LogP contribution >= 0.6 is 11.6 Å². The van der Waals surface area contributed by atoms with Gasteiger partial charge in [-0.25, -0.2) is 9.18 Å². The Morgan fingerprint density at radius 1 is 0.969 bits per heavy atom. The van der Waals surface area contributed by atoms with Crippen molar-refractivity contribution in [2.75, 3.05) is 23.3 Å². The minimum Gasteiger partial charge on any atom is -0.326 e. The van der Waals surface area contributed by atoms with Gasteiger partial charge >= 0.3 is 6.03 Å². The summed E-state index contributed by atoms with van der Waals surface area (Å²) in [6, 6.07) is 20.5. The van der Waals surface area contributed by atoms with E-state index in [1.54, 1.807) is 34.1 Å². The van der Waals surface area contributed by atoms with Gasteiger partial charge in [-0.3, -0.25) is 9.69 Å². The molecule has 0 saturated carbocycles. The third-order valence-corrected chi connectivity index (χ3v) is 5.53. The topological polar surface area (TPSA) is 52.7 Å². The molecule has 0 spiro atoms.